The van der Waals surface area contributed by atoms with Crippen LogP contribution >= 0.6 is 0 Å². The standard InChI is InChI=1S/C28H34N6O4S/c29-27(30)22-10-8-20(9-11-22)16-25(28(36)34-14-4-1-5-15-34)33-26(35)18-31-19-32-39(37,38)24-13-12-21-6-2-3-7-23(21)17-24/h2-3,6-13,17,25,31-32H,1,4-5,14-16,18-19H2,(H3,29,30)(H,33,35)/t25-/m1/s1. The second-order valence-corrected chi connectivity index (χ2v) is 11.3. The molecule has 0 bridgehead atoms. The van der Waals surface area contributed by atoms with Gasteiger partial charge in [-0.05, 0) is 47.7 Å². The van der Waals surface area contributed by atoms with Gasteiger partial charge < -0.3 is 16.0 Å². The van der Waals surface area contributed by atoms with Gasteiger partial charge in [0, 0.05) is 25.1 Å². The van der Waals surface area contributed by atoms with Crippen molar-refractivity contribution in [1.82, 2.24) is 20.3 Å². The van der Waals surface area contributed by atoms with Crippen LogP contribution in [-0.2, 0) is 26.0 Å². The third-order valence-electron chi connectivity index (χ3n) is 6.71. The first-order chi connectivity index (χ1) is 18.7. The van der Waals surface area contributed by atoms with Crippen LogP contribution in [0.25, 0.3) is 10.8 Å². The molecule has 0 unspecified atom stereocenters. The monoisotopic (exact) mass is 550 g/mol. The van der Waals surface area contributed by atoms with Gasteiger partial charge in [0.15, 0.2) is 0 Å². The predicted molar refractivity (Wildman–Crippen MR) is 151 cm³/mol. The van der Waals surface area contributed by atoms with Crippen molar-refractivity contribution in [2.75, 3.05) is 26.3 Å². The van der Waals surface area contributed by atoms with E-state index in [-0.39, 0.29) is 36.3 Å². The number of fused-ring (bicyclic) bond motifs is 1. The third kappa shape index (κ3) is 7.62. The number of piperidine rings is 1. The van der Waals surface area contributed by atoms with E-state index < -0.39 is 22.0 Å². The Morgan fingerprint density at radius 3 is 2.33 bits per heavy atom. The lowest BCUT2D eigenvalue weighted by Crippen LogP contribution is -2.52. The molecule has 2 amide bonds. The molecule has 11 heteroatoms. The number of amides is 2. The molecular formula is C28H34N6O4S. The van der Waals surface area contributed by atoms with Gasteiger partial charge in [0.2, 0.25) is 21.8 Å². The molecule has 206 valence electrons. The molecule has 0 aromatic heterocycles. The number of nitrogens with one attached hydrogen (secondary N) is 4. The Bertz CT molecular complexity index is 1440. The van der Waals surface area contributed by atoms with Crippen molar-refractivity contribution >= 4 is 38.4 Å². The Hall–Kier alpha value is -3.80. The van der Waals surface area contributed by atoms with Crippen molar-refractivity contribution in [2.24, 2.45) is 5.73 Å². The highest BCUT2D eigenvalue weighted by Crippen LogP contribution is 2.18. The number of likely N-dealkylation sites (tertiary alicyclic amines) is 1. The Labute approximate surface area is 228 Å². The second kappa shape index (κ2) is 12.8. The highest BCUT2D eigenvalue weighted by molar-refractivity contribution is 7.89. The number of nitrogens with zero attached hydrogens (tertiary/aromatic N) is 1. The van der Waals surface area contributed by atoms with Gasteiger partial charge >= 0.3 is 0 Å². The van der Waals surface area contributed by atoms with Crippen LogP contribution in [0.3, 0.4) is 0 Å². The van der Waals surface area contributed by atoms with Crippen molar-refractivity contribution in [2.45, 2.75) is 36.6 Å². The van der Waals surface area contributed by atoms with Gasteiger partial charge in [-0.3, -0.25) is 20.3 Å². The van der Waals surface area contributed by atoms with E-state index in [9.17, 15) is 18.0 Å². The van der Waals surface area contributed by atoms with Gasteiger partial charge in [-0.2, -0.15) is 4.72 Å². The molecule has 1 aliphatic heterocycles. The number of nitrogen functional groups attached to an aromatic ring is 1. The molecule has 0 spiro atoms. The molecule has 6 N–H and O–H groups in total. The largest absolute Gasteiger partial charge is 0.384 e. The van der Waals surface area contributed by atoms with Crippen LogP contribution in [0.1, 0.15) is 30.4 Å². The van der Waals surface area contributed by atoms with E-state index in [1.54, 1.807) is 41.3 Å². The Kier molecular flexibility index (Phi) is 9.28. The number of benzene rings is 3. The smallest absolute Gasteiger partial charge is 0.245 e. The molecule has 10 nitrogen and oxygen atoms in total. The summed E-state index contributed by atoms with van der Waals surface area (Å²) in [6, 6.07) is 18.6. The van der Waals surface area contributed by atoms with Gasteiger partial charge in [-0.15, -0.1) is 0 Å². The first kappa shape index (κ1) is 28.2. The summed E-state index contributed by atoms with van der Waals surface area (Å²) in [5.74, 6) is -0.607. The minimum Gasteiger partial charge on any atom is -0.384 e. The van der Waals surface area contributed by atoms with Gasteiger partial charge in [-0.1, -0.05) is 54.6 Å². The van der Waals surface area contributed by atoms with Crippen LogP contribution in [0.5, 0.6) is 0 Å². The quantitative estimate of drug-likeness (QED) is 0.106. The number of amidine groups is 1. The van der Waals surface area contributed by atoms with Crippen molar-refractivity contribution in [3.8, 4) is 0 Å². The molecule has 0 radical (unpaired) electrons. The second-order valence-electron chi connectivity index (χ2n) is 9.58. The molecule has 39 heavy (non-hydrogen) atoms. The zero-order valence-corrected chi connectivity index (χ0v) is 22.5. The van der Waals surface area contributed by atoms with Crippen molar-refractivity contribution in [3.63, 3.8) is 0 Å². The van der Waals surface area contributed by atoms with E-state index >= 15 is 0 Å². The maximum Gasteiger partial charge on any atom is 0.245 e. The summed E-state index contributed by atoms with van der Waals surface area (Å²) in [7, 11) is -3.78. The molecular weight excluding hydrogens is 516 g/mol. The van der Waals surface area contributed by atoms with Crippen LogP contribution in [-0.4, -0.2) is 63.3 Å². The molecule has 1 atom stereocenters. The van der Waals surface area contributed by atoms with Gasteiger partial charge in [0.05, 0.1) is 18.1 Å². The number of carbonyl (C=O) groups excluding carboxylic acids is 2. The summed E-state index contributed by atoms with van der Waals surface area (Å²) in [6.45, 7) is 0.986. The van der Waals surface area contributed by atoms with E-state index in [0.717, 1.165) is 35.6 Å². The Morgan fingerprint density at radius 2 is 1.64 bits per heavy atom. The van der Waals surface area contributed by atoms with E-state index in [0.29, 0.717) is 18.7 Å². The molecule has 3 aromatic carbocycles. The predicted octanol–water partition coefficient (Wildman–Crippen LogP) is 1.69. The first-order valence-corrected chi connectivity index (χ1v) is 14.4. The summed E-state index contributed by atoms with van der Waals surface area (Å²) >= 11 is 0. The fourth-order valence-electron chi connectivity index (χ4n) is 4.58. The van der Waals surface area contributed by atoms with E-state index in [4.69, 9.17) is 11.1 Å². The fraction of sp³-hybridized carbons (Fsp3) is 0.321. The topological polar surface area (TPSA) is 157 Å². The number of nitrogens with two attached hydrogens (primary N) is 1. The number of hydrogen-bond donors (Lipinski definition) is 5. The summed E-state index contributed by atoms with van der Waals surface area (Å²) in [5, 5.41) is 14.9. The number of rotatable bonds is 11. The minimum absolute atomic E-state index is 0.0434. The lowest BCUT2D eigenvalue weighted by atomic mass is 10.0. The van der Waals surface area contributed by atoms with Crippen LogP contribution in [0, 0.1) is 5.41 Å². The number of carbonyl (C=O) groups is 2. The molecule has 1 aliphatic rings. The molecule has 0 saturated carbocycles. The normalized spacial score (nSPS) is 14.6. The van der Waals surface area contributed by atoms with Crippen molar-refractivity contribution < 1.29 is 18.0 Å². The summed E-state index contributed by atoms with van der Waals surface area (Å²) in [5.41, 5.74) is 6.94. The van der Waals surface area contributed by atoms with E-state index in [1.165, 1.54) is 6.07 Å². The summed E-state index contributed by atoms with van der Waals surface area (Å²) < 4.78 is 27.9. The third-order valence-corrected chi connectivity index (χ3v) is 8.11. The fourth-order valence-corrected chi connectivity index (χ4v) is 5.56. The van der Waals surface area contributed by atoms with E-state index in [2.05, 4.69) is 15.4 Å². The zero-order chi connectivity index (χ0) is 27.8. The molecule has 3 aromatic rings. The van der Waals surface area contributed by atoms with Crippen LogP contribution < -0.4 is 21.1 Å². The Balaban J connectivity index is 1.33. The molecule has 4 rings (SSSR count). The molecule has 1 fully saturated rings. The molecule has 0 aliphatic carbocycles. The van der Waals surface area contributed by atoms with Gasteiger partial charge in [-0.25, -0.2) is 8.42 Å². The van der Waals surface area contributed by atoms with Gasteiger partial charge in [0.1, 0.15) is 11.9 Å². The average molecular weight is 551 g/mol. The lowest BCUT2D eigenvalue weighted by molar-refractivity contribution is -0.137. The minimum atomic E-state index is -3.78. The lowest BCUT2D eigenvalue weighted by Gasteiger charge is -2.31. The highest BCUT2D eigenvalue weighted by atomic mass is 32.2. The molecule has 1 saturated heterocycles. The SMILES string of the molecule is N=C(N)c1ccc(C[C@@H](NC(=O)CNCNS(=O)(=O)c2ccc3ccccc3c2)C(=O)N2CCCCC2)cc1. The van der Waals surface area contributed by atoms with Crippen LogP contribution in [0.4, 0.5) is 0 Å². The number of hydrogen-bond acceptors (Lipinski definition) is 6. The summed E-state index contributed by atoms with van der Waals surface area (Å²) in [4.78, 5) is 27.9. The number of sulfonamides is 1. The van der Waals surface area contributed by atoms with Crippen molar-refractivity contribution in [1.29, 1.82) is 5.41 Å². The van der Waals surface area contributed by atoms with Gasteiger partial charge in [0.25, 0.3) is 0 Å². The van der Waals surface area contributed by atoms with Crippen LogP contribution in [0.2, 0.25) is 0 Å². The Morgan fingerprint density at radius 1 is 0.949 bits per heavy atom. The maximum atomic E-state index is 13.3. The first-order valence-electron chi connectivity index (χ1n) is 12.9. The zero-order valence-electron chi connectivity index (χ0n) is 21.7. The highest BCUT2D eigenvalue weighted by Gasteiger charge is 2.27. The van der Waals surface area contributed by atoms with E-state index in [1.807, 2.05) is 24.3 Å². The molecule has 1 heterocycles. The summed E-state index contributed by atoms with van der Waals surface area (Å²) in [6.07, 6.45) is 3.22. The maximum absolute atomic E-state index is 13.3. The van der Waals surface area contributed by atoms with Crippen LogP contribution in [0.15, 0.2) is 71.6 Å². The van der Waals surface area contributed by atoms with Crippen molar-refractivity contribution in [3.05, 3.63) is 77.9 Å². The average Bonchev–Trinajstić information content (AvgIpc) is 2.95.